The van der Waals surface area contributed by atoms with Gasteiger partial charge in [0.25, 0.3) is 0 Å². The molecule has 1 aliphatic carbocycles. The van der Waals surface area contributed by atoms with Crippen LogP contribution in [0.2, 0.25) is 0 Å². The Bertz CT molecular complexity index is 1310. The molecule has 0 atom stereocenters. The van der Waals surface area contributed by atoms with Crippen LogP contribution in [0.3, 0.4) is 0 Å². The summed E-state index contributed by atoms with van der Waals surface area (Å²) in [5, 5.41) is 23.3. The van der Waals surface area contributed by atoms with Crippen molar-refractivity contribution in [1.29, 1.82) is 0 Å². The van der Waals surface area contributed by atoms with Gasteiger partial charge in [0.2, 0.25) is 0 Å². The van der Waals surface area contributed by atoms with Gasteiger partial charge in [-0.2, -0.15) is 0 Å². The molecule has 0 aromatic heterocycles. The fraction of sp³-hybridized carbons (Fsp3) is 0.424. The number of aromatic carboxylic acids is 1. The number of hydrogen-bond donors (Lipinski definition) is 3. The molecule has 0 aliphatic heterocycles. The number of carboxylic acid groups (broad SMARTS) is 1. The zero-order chi connectivity index (χ0) is 27.5. The lowest BCUT2D eigenvalue weighted by Gasteiger charge is -2.42. The first kappa shape index (κ1) is 27.7. The molecule has 0 fully saturated rings. The number of phenols is 1. The number of fused-ring (bicyclic) bond motifs is 1. The fourth-order valence-corrected chi connectivity index (χ4v) is 5.42. The van der Waals surface area contributed by atoms with Gasteiger partial charge >= 0.3 is 5.97 Å². The zero-order valence-corrected chi connectivity index (χ0v) is 23.4. The molecule has 0 amide bonds. The van der Waals surface area contributed by atoms with E-state index in [2.05, 4.69) is 58.1 Å². The van der Waals surface area contributed by atoms with Gasteiger partial charge in [-0.3, -0.25) is 0 Å². The predicted molar refractivity (Wildman–Crippen MR) is 154 cm³/mol. The summed E-state index contributed by atoms with van der Waals surface area (Å²) in [6, 6.07) is 17.2. The van der Waals surface area contributed by atoms with Gasteiger partial charge in [0.1, 0.15) is 11.5 Å². The summed E-state index contributed by atoms with van der Waals surface area (Å²) in [5.74, 6) is -0.307. The second-order valence-electron chi connectivity index (χ2n) is 11.7. The van der Waals surface area contributed by atoms with E-state index in [0.717, 1.165) is 61.2 Å². The van der Waals surface area contributed by atoms with Crippen LogP contribution in [0.4, 0.5) is 0 Å². The molecule has 3 aromatic carbocycles. The third-order valence-electron chi connectivity index (χ3n) is 7.95. The van der Waals surface area contributed by atoms with E-state index >= 15 is 0 Å². The van der Waals surface area contributed by atoms with Crippen LogP contribution < -0.4 is 10.1 Å². The first-order chi connectivity index (χ1) is 18.0. The maximum atomic E-state index is 11.4. The number of benzene rings is 3. The van der Waals surface area contributed by atoms with Crippen molar-refractivity contribution in [3.63, 3.8) is 0 Å². The van der Waals surface area contributed by atoms with Crippen LogP contribution in [0, 0.1) is 0 Å². The summed E-state index contributed by atoms with van der Waals surface area (Å²) in [7, 11) is 0. The van der Waals surface area contributed by atoms with Crippen molar-refractivity contribution in [2.24, 2.45) is 0 Å². The van der Waals surface area contributed by atoms with E-state index in [1.54, 1.807) is 6.07 Å². The number of hydrogen-bond acceptors (Lipinski definition) is 4. The van der Waals surface area contributed by atoms with Gasteiger partial charge in [0.05, 0.1) is 12.2 Å². The molecule has 3 aromatic rings. The highest BCUT2D eigenvalue weighted by Crippen LogP contribution is 2.48. The highest BCUT2D eigenvalue weighted by molar-refractivity contribution is 5.90. The normalized spacial score (nSPS) is 15.6. The molecular weight excluding hydrogens is 474 g/mol. The first-order valence-corrected chi connectivity index (χ1v) is 13.7. The van der Waals surface area contributed by atoms with E-state index in [1.165, 1.54) is 23.3 Å². The van der Waals surface area contributed by atoms with Crippen molar-refractivity contribution in [3.05, 3.63) is 71.3 Å². The number of nitrogens with one attached hydrogen (secondary N) is 1. The van der Waals surface area contributed by atoms with Gasteiger partial charge in [0.15, 0.2) is 0 Å². The first-order valence-electron chi connectivity index (χ1n) is 13.7. The predicted octanol–water partition coefficient (Wildman–Crippen LogP) is 7.54. The molecule has 38 heavy (non-hydrogen) atoms. The smallest absolute Gasteiger partial charge is 0.335 e. The van der Waals surface area contributed by atoms with Crippen LogP contribution in [0.25, 0.3) is 22.3 Å². The van der Waals surface area contributed by atoms with E-state index in [9.17, 15) is 15.0 Å². The maximum absolute atomic E-state index is 11.4. The second kappa shape index (κ2) is 11.2. The molecule has 1 aliphatic rings. The third kappa shape index (κ3) is 5.88. The van der Waals surface area contributed by atoms with E-state index in [4.69, 9.17) is 4.74 Å². The van der Waals surface area contributed by atoms with Crippen LogP contribution in [0.15, 0.2) is 54.6 Å². The summed E-state index contributed by atoms with van der Waals surface area (Å²) in [5.41, 5.74) is 6.51. The van der Waals surface area contributed by atoms with Crippen LogP contribution in [-0.2, 0) is 10.8 Å². The summed E-state index contributed by atoms with van der Waals surface area (Å²) in [6.07, 6.45) is 4.30. The Kier molecular flexibility index (Phi) is 8.17. The van der Waals surface area contributed by atoms with Crippen molar-refractivity contribution >= 4 is 5.97 Å². The van der Waals surface area contributed by atoms with Crippen LogP contribution in [0.5, 0.6) is 11.5 Å². The van der Waals surface area contributed by atoms with Crippen LogP contribution in [-0.4, -0.2) is 35.9 Å². The largest absolute Gasteiger partial charge is 0.507 e. The lowest BCUT2D eigenvalue weighted by molar-refractivity contribution is 0.0696. The Morgan fingerprint density at radius 1 is 0.868 bits per heavy atom. The van der Waals surface area contributed by atoms with E-state index < -0.39 is 5.97 Å². The zero-order valence-electron chi connectivity index (χ0n) is 23.4. The molecule has 0 unspecified atom stereocenters. The van der Waals surface area contributed by atoms with Crippen molar-refractivity contribution < 1.29 is 19.7 Å². The van der Waals surface area contributed by atoms with Crippen molar-refractivity contribution in [3.8, 4) is 33.8 Å². The lowest BCUT2D eigenvalue weighted by Crippen LogP contribution is -2.33. The molecule has 0 saturated carbocycles. The highest BCUT2D eigenvalue weighted by atomic mass is 16.5. The second-order valence-corrected chi connectivity index (χ2v) is 11.7. The minimum Gasteiger partial charge on any atom is -0.507 e. The summed E-state index contributed by atoms with van der Waals surface area (Å²) < 4.78 is 6.31. The van der Waals surface area contributed by atoms with Crippen molar-refractivity contribution in [2.75, 3.05) is 19.7 Å². The molecule has 0 saturated heterocycles. The molecule has 202 valence electrons. The minimum absolute atomic E-state index is 0.0544. The molecule has 0 spiro atoms. The number of phenolic OH excluding ortho intramolecular Hbond substituents is 1. The van der Waals surface area contributed by atoms with Gasteiger partial charge in [-0.1, -0.05) is 58.9 Å². The molecule has 5 nitrogen and oxygen atoms in total. The number of rotatable bonds is 10. The number of ether oxygens (including phenoxy) is 1. The van der Waals surface area contributed by atoms with E-state index in [1.807, 2.05) is 18.2 Å². The Balaban J connectivity index is 1.75. The minimum atomic E-state index is -1.06. The summed E-state index contributed by atoms with van der Waals surface area (Å²) in [4.78, 5) is 11.4. The molecule has 4 rings (SSSR count). The van der Waals surface area contributed by atoms with Crippen LogP contribution >= 0.6 is 0 Å². The van der Waals surface area contributed by atoms with Gasteiger partial charge < -0.3 is 20.3 Å². The summed E-state index contributed by atoms with van der Waals surface area (Å²) >= 11 is 0. The van der Waals surface area contributed by atoms with E-state index in [0.29, 0.717) is 12.2 Å². The highest BCUT2D eigenvalue weighted by Gasteiger charge is 2.37. The molecular formula is C33H41NO4. The molecule has 0 radical (unpaired) electrons. The molecule has 3 N–H and O–H groups in total. The lowest BCUT2D eigenvalue weighted by atomic mass is 9.63. The number of aromatic hydroxyl groups is 1. The third-order valence-corrected chi connectivity index (χ3v) is 7.95. The number of unbranched alkanes of at least 4 members (excludes halogenated alkanes) is 1. The Morgan fingerprint density at radius 3 is 2.24 bits per heavy atom. The van der Waals surface area contributed by atoms with Crippen LogP contribution in [0.1, 0.15) is 81.8 Å². The van der Waals surface area contributed by atoms with Gasteiger partial charge in [0, 0.05) is 11.1 Å². The Hall–Kier alpha value is -3.31. The SMILES string of the molecule is CCNCCCCOc1ccc(-c2ccc(C(=O)O)cc2O)cc1-c1ccc2c(c1)C(C)(C)CCC2(C)C. The topological polar surface area (TPSA) is 78.8 Å². The fourth-order valence-electron chi connectivity index (χ4n) is 5.42. The number of carboxylic acids is 1. The van der Waals surface area contributed by atoms with E-state index in [-0.39, 0.29) is 22.1 Å². The molecule has 5 heteroatoms. The number of carbonyl (C=O) groups is 1. The van der Waals surface area contributed by atoms with Gasteiger partial charge in [-0.25, -0.2) is 4.79 Å². The quantitative estimate of drug-likeness (QED) is 0.243. The standard InChI is InChI=1S/C33H41NO4/c1-6-34-17-7-8-18-38-30-14-11-22(25-12-9-24(31(36)37)21-29(25)35)19-26(30)23-10-13-27-28(20-23)33(4,5)16-15-32(27,2)3/h9-14,19-21,34-35H,6-8,15-18H2,1-5H3,(H,36,37). The monoisotopic (exact) mass is 515 g/mol. The Morgan fingerprint density at radius 2 is 1.55 bits per heavy atom. The Labute approximate surface area is 226 Å². The maximum Gasteiger partial charge on any atom is 0.335 e. The van der Waals surface area contributed by atoms with Crippen molar-refractivity contribution in [2.45, 2.75) is 71.1 Å². The average Bonchev–Trinajstić information content (AvgIpc) is 2.88. The molecule has 0 heterocycles. The van der Waals surface area contributed by atoms with Crippen molar-refractivity contribution in [1.82, 2.24) is 5.32 Å². The summed E-state index contributed by atoms with van der Waals surface area (Å²) in [6.45, 7) is 14.0. The molecule has 0 bridgehead atoms. The van der Waals surface area contributed by atoms with Gasteiger partial charge in [-0.15, -0.1) is 0 Å². The average molecular weight is 516 g/mol. The van der Waals surface area contributed by atoms with Gasteiger partial charge in [-0.05, 0) is 102 Å².